The van der Waals surface area contributed by atoms with Crippen LogP contribution in [0.1, 0.15) is 45.1 Å². The largest absolute Gasteiger partial charge is 0.496 e. The van der Waals surface area contributed by atoms with E-state index >= 15 is 0 Å². The minimum Gasteiger partial charge on any atom is -0.496 e. The lowest BCUT2D eigenvalue weighted by Crippen LogP contribution is -2.20. The Morgan fingerprint density at radius 3 is 2.57 bits per heavy atom. The Hall–Kier alpha value is -1.39. The Bertz CT molecular complexity index is 634. The molecule has 114 valence electrons. The smallest absolute Gasteiger partial charge is 0.128 e. The second-order valence-electron chi connectivity index (χ2n) is 5.52. The molecule has 0 aliphatic heterocycles. The number of rotatable bonds is 5. The van der Waals surface area contributed by atoms with Crippen LogP contribution in [-0.4, -0.2) is 12.1 Å². The van der Waals surface area contributed by atoms with Crippen LogP contribution in [0.25, 0.3) is 0 Å². The van der Waals surface area contributed by atoms with Crippen molar-refractivity contribution in [3.8, 4) is 5.75 Å². The lowest BCUT2D eigenvalue weighted by molar-refractivity contribution is 0.406. The van der Waals surface area contributed by atoms with Crippen molar-refractivity contribution < 1.29 is 4.74 Å². The third-order valence-corrected chi connectivity index (χ3v) is 4.85. The lowest BCUT2D eigenvalue weighted by atomic mass is 10.1. The molecule has 1 unspecified atom stereocenters. The van der Waals surface area contributed by atoms with E-state index in [-0.39, 0.29) is 0 Å². The van der Waals surface area contributed by atoms with Crippen LogP contribution >= 0.6 is 11.3 Å². The van der Waals surface area contributed by atoms with Gasteiger partial charge in [0.25, 0.3) is 0 Å². The molecule has 21 heavy (non-hydrogen) atoms. The molecule has 2 aromatic rings. The van der Waals surface area contributed by atoms with Crippen molar-refractivity contribution in [2.75, 3.05) is 7.11 Å². The van der Waals surface area contributed by atoms with Crippen LogP contribution in [0.5, 0.6) is 5.75 Å². The summed E-state index contributed by atoms with van der Waals surface area (Å²) in [7, 11) is 1.71. The highest BCUT2D eigenvalue weighted by molar-refractivity contribution is 7.12. The summed E-state index contributed by atoms with van der Waals surface area (Å²) in [5, 5.41) is 3.57. The van der Waals surface area contributed by atoms with Crippen molar-refractivity contribution in [1.82, 2.24) is 10.3 Å². The van der Waals surface area contributed by atoms with E-state index in [9.17, 15) is 0 Å². The zero-order valence-corrected chi connectivity index (χ0v) is 14.5. The SMILES string of the molecule is COc1c(C)cnc(CNC(C)c2cc(C)sc2C)c1C. The van der Waals surface area contributed by atoms with Crippen LogP contribution in [0, 0.1) is 27.7 Å². The predicted octanol–water partition coefficient (Wildman–Crippen LogP) is 4.24. The Morgan fingerprint density at radius 1 is 1.29 bits per heavy atom. The second kappa shape index (κ2) is 6.58. The summed E-state index contributed by atoms with van der Waals surface area (Å²) in [6.45, 7) is 11.4. The number of aryl methyl sites for hydroxylation is 3. The molecule has 1 N–H and O–H groups in total. The van der Waals surface area contributed by atoms with Gasteiger partial charge in [0.2, 0.25) is 0 Å². The fourth-order valence-electron chi connectivity index (χ4n) is 2.69. The van der Waals surface area contributed by atoms with Crippen molar-refractivity contribution in [2.45, 2.75) is 47.2 Å². The molecule has 2 heterocycles. The first-order valence-electron chi connectivity index (χ1n) is 7.23. The number of aromatic nitrogens is 1. The molecule has 0 spiro atoms. The highest BCUT2D eigenvalue weighted by Crippen LogP contribution is 2.27. The molecule has 0 radical (unpaired) electrons. The molecule has 0 aliphatic carbocycles. The first kappa shape index (κ1) is 16.0. The predicted molar refractivity (Wildman–Crippen MR) is 89.3 cm³/mol. The molecule has 2 rings (SSSR count). The van der Waals surface area contributed by atoms with Gasteiger partial charge >= 0.3 is 0 Å². The fourth-order valence-corrected chi connectivity index (χ4v) is 3.71. The highest BCUT2D eigenvalue weighted by Gasteiger charge is 2.13. The van der Waals surface area contributed by atoms with Gasteiger partial charge in [0.1, 0.15) is 5.75 Å². The Kier molecular flexibility index (Phi) is 5.01. The maximum Gasteiger partial charge on any atom is 0.128 e. The van der Waals surface area contributed by atoms with Crippen LogP contribution < -0.4 is 10.1 Å². The van der Waals surface area contributed by atoms with Crippen molar-refractivity contribution in [3.05, 3.63) is 44.4 Å². The van der Waals surface area contributed by atoms with Gasteiger partial charge in [-0.15, -0.1) is 11.3 Å². The summed E-state index contributed by atoms with van der Waals surface area (Å²) in [6.07, 6.45) is 1.88. The molecule has 1 atom stereocenters. The molecular weight excluding hydrogens is 280 g/mol. The summed E-state index contributed by atoms with van der Waals surface area (Å²) in [5.41, 5.74) is 4.63. The van der Waals surface area contributed by atoms with Crippen LogP contribution in [0.3, 0.4) is 0 Å². The number of nitrogens with zero attached hydrogens (tertiary/aromatic N) is 1. The average molecular weight is 304 g/mol. The minimum absolute atomic E-state index is 0.323. The molecule has 0 aliphatic rings. The van der Waals surface area contributed by atoms with E-state index in [0.717, 1.165) is 29.1 Å². The van der Waals surface area contributed by atoms with Gasteiger partial charge in [-0.05, 0) is 46.2 Å². The number of methoxy groups -OCH3 is 1. The zero-order chi connectivity index (χ0) is 15.6. The molecule has 4 heteroatoms. The van der Waals surface area contributed by atoms with Gasteiger partial charge < -0.3 is 10.1 Å². The standard InChI is InChI=1S/C17H24N2OS/c1-10-8-19-16(12(3)17(10)20-6)9-18-13(4)15-7-11(2)21-14(15)5/h7-8,13,18H,9H2,1-6H3. The van der Waals surface area contributed by atoms with E-state index < -0.39 is 0 Å². The van der Waals surface area contributed by atoms with Crippen LogP contribution in [0.15, 0.2) is 12.3 Å². The van der Waals surface area contributed by atoms with Gasteiger partial charge in [-0.1, -0.05) is 0 Å². The average Bonchev–Trinajstić information content (AvgIpc) is 2.77. The van der Waals surface area contributed by atoms with Crippen molar-refractivity contribution in [3.63, 3.8) is 0 Å². The van der Waals surface area contributed by atoms with E-state index in [0.29, 0.717) is 6.04 Å². The molecule has 0 saturated carbocycles. The van der Waals surface area contributed by atoms with E-state index in [4.69, 9.17) is 4.74 Å². The van der Waals surface area contributed by atoms with Crippen LogP contribution in [-0.2, 0) is 6.54 Å². The van der Waals surface area contributed by atoms with E-state index in [2.05, 4.69) is 44.1 Å². The van der Waals surface area contributed by atoms with Gasteiger partial charge in [0.15, 0.2) is 0 Å². The molecule has 0 amide bonds. The fraction of sp³-hybridized carbons (Fsp3) is 0.471. The second-order valence-corrected chi connectivity index (χ2v) is 6.98. The molecule has 0 aromatic carbocycles. The molecule has 2 aromatic heterocycles. The Balaban J connectivity index is 2.11. The third kappa shape index (κ3) is 3.44. The number of nitrogens with one attached hydrogen (secondary N) is 1. The summed E-state index contributed by atoms with van der Waals surface area (Å²) in [6, 6.07) is 2.59. The van der Waals surface area contributed by atoms with E-state index in [1.807, 2.05) is 24.5 Å². The summed E-state index contributed by atoms with van der Waals surface area (Å²) in [4.78, 5) is 7.29. The van der Waals surface area contributed by atoms with Gasteiger partial charge in [-0.25, -0.2) is 0 Å². The molecular formula is C17H24N2OS. The number of pyridine rings is 1. The highest BCUT2D eigenvalue weighted by atomic mass is 32.1. The van der Waals surface area contributed by atoms with E-state index in [1.165, 1.54) is 15.3 Å². The first-order chi connectivity index (χ1) is 9.93. The van der Waals surface area contributed by atoms with Gasteiger partial charge in [-0.2, -0.15) is 0 Å². The zero-order valence-electron chi connectivity index (χ0n) is 13.7. The summed E-state index contributed by atoms with van der Waals surface area (Å²) >= 11 is 1.85. The summed E-state index contributed by atoms with van der Waals surface area (Å²) < 4.78 is 5.46. The number of hydrogen-bond donors (Lipinski definition) is 1. The Morgan fingerprint density at radius 2 is 2.00 bits per heavy atom. The first-order valence-corrected chi connectivity index (χ1v) is 8.05. The van der Waals surface area contributed by atoms with Gasteiger partial charge in [0, 0.05) is 39.7 Å². The van der Waals surface area contributed by atoms with Crippen LogP contribution in [0.4, 0.5) is 0 Å². The van der Waals surface area contributed by atoms with E-state index in [1.54, 1.807) is 7.11 Å². The van der Waals surface area contributed by atoms with Gasteiger partial charge in [0.05, 0.1) is 12.8 Å². The Labute approximate surface area is 131 Å². The maximum atomic E-state index is 5.46. The minimum atomic E-state index is 0.323. The topological polar surface area (TPSA) is 34.1 Å². The lowest BCUT2D eigenvalue weighted by Gasteiger charge is -2.16. The molecule has 0 saturated heterocycles. The third-order valence-electron chi connectivity index (χ3n) is 3.87. The molecule has 0 bridgehead atoms. The van der Waals surface area contributed by atoms with Crippen molar-refractivity contribution in [1.29, 1.82) is 0 Å². The van der Waals surface area contributed by atoms with Crippen molar-refractivity contribution >= 4 is 11.3 Å². The number of thiophene rings is 1. The van der Waals surface area contributed by atoms with Crippen LogP contribution in [0.2, 0.25) is 0 Å². The molecule has 0 fully saturated rings. The number of ether oxygens (including phenoxy) is 1. The monoisotopic (exact) mass is 304 g/mol. The van der Waals surface area contributed by atoms with Gasteiger partial charge in [-0.3, -0.25) is 4.98 Å². The van der Waals surface area contributed by atoms with Crippen molar-refractivity contribution in [2.24, 2.45) is 0 Å². The number of hydrogen-bond acceptors (Lipinski definition) is 4. The summed E-state index contributed by atoms with van der Waals surface area (Å²) in [5.74, 6) is 0.942. The normalized spacial score (nSPS) is 12.5. The maximum absolute atomic E-state index is 5.46. The quantitative estimate of drug-likeness (QED) is 0.897. The molecule has 3 nitrogen and oxygen atoms in total.